The van der Waals surface area contributed by atoms with Crippen LogP contribution in [0.4, 0.5) is 5.69 Å². The molecule has 114 valence electrons. The number of aryl methyl sites for hydroxylation is 1. The van der Waals surface area contributed by atoms with Crippen LogP contribution in [0.3, 0.4) is 0 Å². The van der Waals surface area contributed by atoms with Gasteiger partial charge in [-0.1, -0.05) is 6.42 Å². The van der Waals surface area contributed by atoms with Crippen LogP contribution < -0.4 is 9.80 Å². The average Bonchev–Trinajstić information content (AvgIpc) is 2.56. The summed E-state index contributed by atoms with van der Waals surface area (Å²) in [4.78, 5) is 15.2. The van der Waals surface area contributed by atoms with Crippen molar-refractivity contribution in [3.8, 4) is 0 Å². The summed E-state index contributed by atoms with van der Waals surface area (Å²) < 4.78 is 0. The normalized spacial score (nSPS) is 21.5. The Balaban J connectivity index is 1.61. The highest BCUT2D eigenvalue weighted by Crippen LogP contribution is 2.21. The number of quaternary nitrogens is 1. The van der Waals surface area contributed by atoms with Crippen molar-refractivity contribution in [2.24, 2.45) is 0 Å². The number of benzene rings is 1. The van der Waals surface area contributed by atoms with E-state index in [1.165, 1.54) is 56.4 Å². The lowest BCUT2D eigenvalue weighted by atomic mass is 9.94. The smallest absolute Gasteiger partial charge is 0.150 e. The largest absolute Gasteiger partial charge is 0.360 e. The van der Waals surface area contributed by atoms with E-state index >= 15 is 0 Å². The van der Waals surface area contributed by atoms with Crippen molar-refractivity contribution in [2.75, 3.05) is 31.1 Å². The predicted octanol–water partition coefficient (Wildman–Crippen LogP) is 1.85. The van der Waals surface area contributed by atoms with Gasteiger partial charge >= 0.3 is 0 Å². The topological polar surface area (TPSA) is 24.8 Å². The first-order valence-electron chi connectivity index (χ1n) is 8.43. The Labute approximate surface area is 127 Å². The van der Waals surface area contributed by atoms with Gasteiger partial charge in [-0.25, -0.2) is 0 Å². The van der Waals surface area contributed by atoms with Crippen molar-refractivity contribution in [1.82, 2.24) is 0 Å². The Hall–Kier alpha value is -1.35. The minimum absolute atomic E-state index is 0.780. The molecule has 3 nitrogen and oxygen atoms in total. The lowest BCUT2D eigenvalue weighted by molar-refractivity contribution is -0.927. The van der Waals surface area contributed by atoms with Gasteiger partial charge in [-0.3, -0.25) is 4.79 Å². The molecular weight excluding hydrogens is 260 g/mol. The van der Waals surface area contributed by atoms with Crippen LogP contribution in [0.5, 0.6) is 0 Å². The second-order valence-electron chi connectivity index (χ2n) is 6.64. The Morgan fingerprint density at radius 1 is 1.14 bits per heavy atom. The number of rotatable bonds is 3. The van der Waals surface area contributed by atoms with E-state index in [1.807, 2.05) is 17.0 Å². The van der Waals surface area contributed by atoms with Gasteiger partial charge in [0.15, 0.2) is 0 Å². The minimum atomic E-state index is 0.780. The summed E-state index contributed by atoms with van der Waals surface area (Å²) in [5, 5.41) is 0. The Morgan fingerprint density at radius 2 is 1.86 bits per heavy atom. The molecule has 0 unspecified atom stereocenters. The maximum absolute atomic E-state index is 10.8. The fourth-order valence-electron chi connectivity index (χ4n) is 4.06. The Morgan fingerprint density at radius 3 is 2.48 bits per heavy atom. The summed E-state index contributed by atoms with van der Waals surface area (Å²) in [6, 6.07) is 6.97. The van der Waals surface area contributed by atoms with Crippen molar-refractivity contribution >= 4 is 12.0 Å². The first kappa shape index (κ1) is 14.6. The molecule has 21 heavy (non-hydrogen) atoms. The van der Waals surface area contributed by atoms with Crippen LogP contribution in [-0.4, -0.2) is 38.5 Å². The first-order valence-corrected chi connectivity index (χ1v) is 8.43. The standard InChI is InChI=1S/C18H26N2O/c1-15-13-16(14-21)7-8-18(15)20-11-9-19(10-12-20)17-5-3-2-4-6-17/h7-8,13-14,17H,2-6,9-12H2,1H3/p+1. The number of carbonyl (C=O) groups is 1. The number of nitrogens with one attached hydrogen (secondary N) is 1. The van der Waals surface area contributed by atoms with E-state index < -0.39 is 0 Å². The Bertz CT molecular complexity index is 486. The van der Waals surface area contributed by atoms with Crippen molar-refractivity contribution in [1.29, 1.82) is 0 Å². The molecule has 3 rings (SSSR count). The lowest BCUT2D eigenvalue weighted by Crippen LogP contribution is -3.18. The lowest BCUT2D eigenvalue weighted by Gasteiger charge is -2.39. The van der Waals surface area contributed by atoms with Gasteiger partial charge in [-0.05, 0) is 56.4 Å². The minimum Gasteiger partial charge on any atom is -0.360 e. The van der Waals surface area contributed by atoms with Crippen LogP contribution in [-0.2, 0) is 0 Å². The zero-order valence-corrected chi connectivity index (χ0v) is 13.1. The average molecular weight is 287 g/mol. The third-order valence-electron chi connectivity index (χ3n) is 5.29. The van der Waals surface area contributed by atoms with Crippen molar-refractivity contribution in [3.05, 3.63) is 29.3 Å². The van der Waals surface area contributed by atoms with Gasteiger partial charge in [0, 0.05) is 11.3 Å². The zero-order chi connectivity index (χ0) is 14.7. The fraction of sp³-hybridized carbons (Fsp3) is 0.611. The second kappa shape index (κ2) is 6.61. The molecule has 1 saturated heterocycles. The van der Waals surface area contributed by atoms with Crippen LogP contribution >= 0.6 is 0 Å². The number of piperazine rings is 1. The van der Waals surface area contributed by atoms with E-state index in [-0.39, 0.29) is 0 Å². The monoisotopic (exact) mass is 287 g/mol. The quantitative estimate of drug-likeness (QED) is 0.858. The molecule has 2 aliphatic rings. The van der Waals surface area contributed by atoms with E-state index in [0.717, 1.165) is 31.0 Å². The fourth-order valence-corrected chi connectivity index (χ4v) is 4.06. The van der Waals surface area contributed by atoms with Crippen molar-refractivity contribution < 1.29 is 9.69 Å². The predicted molar refractivity (Wildman–Crippen MR) is 86.3 cm³/mol. The zero-order valence-electron chi connectivity index (χ0n) is 13.1. The molecule has 1 aliphatic carbocycles. The van der Waals surface area contributed by atoms with Crippen LogP contribution in [0.1, 0.15) is 48.0 Å². The number of hydrogen-bond acceptors (Lipinski definition) is 2. The molecular formula is C18H27N2O+. The molecule has 1 aromatic rings. The first-order chi connectivity index (χ1) is 10.3. The number of aldehydes is 1. The highest BCUT2D eigenvalue weighted by Gasteiger charge is 2.28. The van der Waals surface area contributed by atoms with Crippen molar-refractivity contribution in [2.45, 2.75) is 45.1 Å². The molecule has 1 heterocycles. The molecule has 0 amide bonds. The molecule has 0 aromatic heterocycles. The third-order valence-corrected chi connectivity index (χ3v) is 5.29. The summed E-state index contributed by atoms with van der Waals surface area (Å²) in [7, 11) is 0. The molecule has 1 aromatic carbocycles. The highest BCUT2D eigenvalue weighted by atomic mass is 16.1. The van der Waals surface area contributed by atoms with Gasteiger partial charge in [-0.15, -0.1) is 0 Å². The van der Waals surface area contributed by atoms with E-state index in [4.69, 9.17) is 0 Å². The SMILES string of the molecule is Cc1cc(C=O)ccc1N1CC[NH+](C2CCCCC2)CC1. The van der Waals surface area contributed by atoms with Gasteiger partial charge in [0.2, 0.25) is 0 Å². The molecule has 0 radical (unpaired) electrons. The molecule has 1 N–H and O–H groups in total. The molecule has 1 saturated carbocycles. The molecule has 3 heteroatoms. The van der Waals surface area contributed by atoms with Crippen LogP contribution in [0.15, 0.2) is 18.2 Å². The van der Waals surface area contributed by atoms with E-state index in [0.29, 0.717) is 0 Å². The van der Waals surface area contributed by atoms with E-state index in [2.05, 4.69) is 17.9 Å². The maximum Gasteiger partial charge on any atom is 0.150 e. The number of anilines is 1. The van der Waals surface area contributed by atoms with Gasteiger partial charge in [-0.2, -0.15) is 0 Å². The summed E-state index contributed by atoms with van der Waals surface area (Å²) >= 11 is 0. The van der Waals surface area contributed by atoms with E-state index in [9.17, 15) is 4.79 Å². The van der Waals surface area contributed by atoms with Gasteiger partial charge in [0.1, 0.15) is 6.29 Å². The van der Waals surface area contributed by atoms with Crippen LogP contribution in [0, 0.1) is 6.92 Å². The van der Waals surface area contributed by atoms with Crippen LogP contribution in [0.25, 0.3) is 0 Å². The van der Waals surface area contributed by atoms with Crippen LogP contribution in [0.2, 0.25) is 0 Å². The summed E-state index contributed by atoms with van der Waals surface area (Å²) in [5.41, 5.74) is 3.31. The molecule has 2 fully saturated rings. The number of nitrogens with zero attached hydrogens (tertiary/aromatic N) is 1. The summed E-state index contributed by atoms with van der Waals surface area (Å²) in [5.74, 6) is 0. The van der Waals surface area contributed by atoms with Gasteiger partial charge in [0.05, 0.1) is 32.2 Å². The van der Waals surface area contributed by atoms with Gasteiger partial charge < -0.3 is 9.80 Å². The molecule has 0 spiro atoms. The highest BCUT2D eigenvalue weighted by molar-refractivity contribution is 5.77. The summed E-state index contributed by atoms with van der Waals surface area (Å²) in [6.45, 7) is 6.93. The molecule has 0 atom stereocenters. The third kappa shape index (κ3) is 3.29. The van der Waals surface area contributed by atoms with Gasteiger partial charge in [0.25, 0.3) is 0 Å². The second-order valence-corrected chi connectivity index (χ2v) is 6.64. The van der Waals surface area contributed by atoms with E-state index in [1.54, 1.807) is 0 Å². The van der Waals surface area contributed by atoms with Crippen molar-refractivity contribution in [3.63, 3.8) is 0 Å². The molecule has 1 aliphatic heterocycles. The number of carbonyl (C=O) groups excluding carboxylic acids is 1. The Kier molecular flexibility index (Phi) is 4.59. The maximum atomic E-state index is 10.8. The molecule has 0 bridgehead atoms. The number of hydrogen-bond donors (Lipinski definition) is 1. The summed E-state index contributed by atoms with van der Waals surface area (Å²) in [6.07, 6.45) is 8.11.